The highest BCUT2D eigenvalue weighted by Gasteiger charge is 2.19. The summed E-state index contributed by atoms with van der Waals surface area (Å²) in [6, 6.07) is 5.84. The summed E-state index contributed by atoms with van der Waals surface area (Å²) in [5, 5.41) is 11.5. The van der Waals surface area contributed by atoms with E-state index >= 15 is 0 Å². The Morgan fingerprint density at radius 1 is 1.39 bits per heavy atom. The molecule has 0 radical (unpaired) electrons. The van der Waals surface area contributed by atoms with Crippen molar-refractivity contribution in [3.8, 4) is 0 Å². The zero-order valence-electron chi connectivity index (χ0n) is 10.5. The van der Waals surface area contributed by atoms with Crippen molar-refractivity contribution in [2.75, 3.05) is 7.11 Å². The lowest BCUT2D eigenvalue weighted by Crippen LogP contribution is -2.07. The van der Waals surface area contributed by atoms with E-state index in [4.69, 9.17) is 5.26 Å². The van der Waals surface area contributed by atoms with Gasteiger partial charge in [0, 0.05) is 12.0 Å². The van der Waals surface area contributed by atoms with Crippen LogP contribution in [-0.4, -0.2) is 18.3 Å². The van der Waals surface area contributed by atoms with Gasteiger partial charge in [0.25, 0.3) is 0 Å². The summed E-state index contributed by atoms with van der Waals surface area (Å²) in [6.45, 7) is 4.00. The van der Waals surface area contributed by atoms with E-state index in [-0.39, 0.29) is 17.6 Å². The van der Waals surface area contributed by atoms with Gasteiger partial charge in [-0.05, 0) is 30.5 Å². The second-order valence-corrected chi connectivity index (χ2v) is 4.75. The molecule has 0 fully saturated rings. The molecule has 0 saturated carbocycles. The van der Waals surface area contributed by atoms with Crippen molar-refractivity contribution >= 4 is 18.0 Å². The summed E-state index contributed by atoms with van der Waals surface area (Å²) < 4.78 is 9.05. The standard InChI is InChI=1S/C12H16O5S/c1-8-4-5-10(6-9(8)2)11(18-17-16-14)7-12(13)15-3/h4-6,11,14H,7H2,1-3H3. The van der Waals surface area contributed by atoms with Gasteiger partial charge in [0.2, 0.25) is 0 Å². The van der Waals surface area contributed by atoms with E-state index in [1.165, 1.54) is 12.7 Å². The normalized spacial score (nSPS) is 12.2. The quantitative estimate of drug-likeness (QED) is 0.372. The summed E-state index contributed by atoms with van der Waals surface area (Å²) in [4.78, 5) is 11.3. The molecule has 0 aliphatic heterocycles. The Kier molecular flexibility index (Phi) is 6.14. The number of carbonyl (C=O) groups is 1. The molecule has 5 nitrogen and oxygen atoms in total. The Morgan fingerprint density at radius 3 is 2.67 bits per heavy atom. The van der Waals surface area contributed by atoms with Crippen LogP contribution in [0, 0.1) is 13.8 Å². The van der Waals surface area contributed by atoms with Gasteiger partial charge >= 0.3 is 5.97 Å². The summed E-state index contributed by atoms with van der Waals surface area (Å²) in [5.74, 6) is -0.354. The number of carbonyl (C=O) groups excluding carboxylic acids is 1. The molecule has 0 heterocycles. The van der Waals surface area contributed by atoms with Gasteiger partial charge in [-0.1, -0.05) is 23.2 Å². The van der Waals surface area contributed by atoms with Gasteiger partial charge in [-0.15, -0.1) is 4.33 Å². The SMILES string of the molecule is COC(=O)CC(SOOO)c1ccc(C)c(C)c1. The average molecular weight is 272 g/mol. The first-order valence-corrected chi connectivity index (χ1v) is 6.16. The van der Waals surface area contributed by atoms with Crippen molar-refractivity contribution in [3.63, 3.8) is 0 Å². The molecule has 0 aliphatic rings. The number of esters is 1. The minimum absolute atomic E-state index is 0.132. The van der Waals surface area contributed by atoms with Crippen LogP contribution in [0.2, 0.25) is 0 Å². The van der Waals surface area contributed by atoms with Crippen LogP contribution >= 0.6 is 12.0 Å². The molecule has 0 bridgehead atoms. The second kappa shape index (κ2) is 7.38. The molecular weight excluding hydrogens is 256 g/mol. The van der Waals surface area contributed by atoms with E-state index in [2.05, 4.69) is 14.1 Å². The van der Waals surface area contributed by atoms with Crippen LogP contribution in [0.15, 0.2) is 18.2 Å². The fourth-order valence-corrected chi connectivity index (χ4v) is 2.06. The van der Waals surface area contributed by atoms with Crippen LogP contribution in [0.25, 0.3) is 0 Å². The first kappa shape index (κ1) is 15.0. The van der Waals surface area contributed by atoms with Crippen molar-refractivity contribution in [2.24, 2.45) is 0 Å². The number of benzene rings is 1. The fraction of sp³-hybridized carbons (Fsp3) is 0.417. The van der Waals surface area contributed by atoms with Gasteiger partial charge in [0.1, 0.15) is 0 Å². The Labute approximate surface area is 110 Å². The minimum atomic E-state index is -0.354. The van der Waals surface area contributed by atoms with Gasteiger partial charge in [-0.2, -0.15) is 0 Å². The molecular formula is C12H16O5S. The Morgan fingerprint density at radius 2 is 2.11 bits per heavy atom. The Balaban J connectivity index is 2.86. The van der Waals surface area contributed by atoms with E-state index in [0.29, 0.717) is 0 Å². The van der Waals surface area contributed by atoms with Gasteiger partial charge in [0.05, 0.1) is 18.8 Å². The van der Waals surface area contributed by atoms with Crippen LogP contribution in [0.3, 0.4) is 0 Å². The lowest BCUT2D eigenvalue weighted by molar-refractivity contribution is -0.432. The number of hydrogen-bond donors (Lipinski definition) is 1. The third-order valence-electron chi connectivity index (χ3n) is 2.67. The van der Waals surface area contributed by atoms with E-state index in [9.17, 15) is 4.79 Å². The number of ether oxygens (including phenoxy) is 1. The monoisotopic (exact) mass is 272 g/mol. The highest BCUT2D eigenvalue weighted by atomic mass is 32.2. The van der Waals surface area contributed by atoms with Gasteiger partial charge in [0.15, 0.2) is 0 Å². The second-order valence-electron chi connectivity index (χ2n) is 3.85. The van der Waals surface area contributed by atoms with E-state index in [0.717, 1.165) is 23.2 Å². The smallest absolute Gasteiger partial charge is 0.307 e. The Bertz CT molecular complexity index is 407. The molecule has 0 amide bonds. The third-order valence-corrected chi connectivity index (χ3v) is 3.48. The topological polar surface area (TPSA) is 65.0 Å². The fourth-order valence-electron chi connectivity index (χ4n) is 1.47. The molecule has 1 unspecified atom stereocenters. The maximum absolute atomic E-state index is 11.3. The van der Waals surface area contributed by atoms with Crippen LogP contribution in [0.1, 0.15) is 28.4 Å². The lowest BCUT2D eigenvalue weighted by Gasteiger charge is -2.14. The highest BCUT2D eigenvalue weighted by molar-refractivity contribution is 7.94. The van der Waals surface area contributed by atoms with Gasteiger partial charge in [-0.25, -0.2) is 5.26 Å². The number of hydrogen-bond acceptors (Lipinski definition) is 6. The summed E-state index contributed by atoms with van der Waals surface area (Å²) in [7, 11) is 1.33. The maximum atomic E-state index is 11.3. The number of rotatable bonds is 6. The average Bonchev–Trinajstić information content (AvgIpc) is 2.37. The van der Waals surface area contributed by atoms with Gasteiger partial charge in [-0.3, -0.25) is 4.79 Å². The molecule has 100 valence electrons. The zero-order valence-corrected chi connectivity index (χ0v) is 11.3. The molecule has 1 N–H and O–H groups in total. The first-order valence-electron chi connectivity index (χ1n) is 5.36. The van der Waals surface area contributed by atoms with Gasteiger partial charge < -0.3 is 4.74 Å². The van der Waals surface area contributed by atoms with Crippen LogP contribution < -0.4 is 0 Å². The van der Waals surface area contributed by atoms with Crippen molar-refractivity contribution < 1.29 is 24.2 Å². The molecule has 18 heavy (non-hydrogen) atoms. The predicted octanol–water partition coefficient (Wildman–Crippen LogP) is 2.98. The molecule has 0 aliphatic carbocycles. The minimum Gasteiger partial charge on any atom is -0.469 e. The summed E-state index contributed by atoms with van der Waals surface area (Å²) in [6.07, 6.45) is 0.132. The summed E-state index contributed by atoms with van der Waals surface area (Å²) >= 11 is 0.860. The predicted molar refractivity (Wildman–Crippen MR) is 67.7 cm³/mol. The zero-order chi connectivity index (χ0) is 13.5. The first-order chi connectivity index (χ1) is 8.58. The molecule has 6 heteroatoms. The maximum Gasteiger partial charge on any atom is 0.307 e. The van der Waals surface area contributed by atoms with E-state index in [1.54, 1.807) is 0 Å². The summed E-state index contributed by atoms with van der Waals surface area (Å²) in [5.41, 5.74) is 3.19. The van der Waals surface area contributed by atoms with Crippen molar-refractivity contribution in [1.82, 2.24) is 0 Å². The molecule has 1 aromatic carbocycles. The van der Waals surface area contributed by atoms with Crippen LogP contribution in [0.4, 0.5) is 0 Å². The molecule has 0 spiro atoms. The molecule has 1 aromatic rings. The van der Waals surface area contributed by atoms with Crippen molar-refractivity contribution in [2.45, 2.75) is 25.5 Å². The number of methoxy groups -OCH3 is 1. The lowest BCUT2D eigenvalue weighted by atomic mass is 10.0. The Hall–Kier alpha value is -1.08. The van der Waals surface area contributed by atoms with E-state index in [1.807, 2.05) is 32.0 Å². The molecule has 0 aromatic heterocycles. The third kappa shape index (κ3) is 4.30. The van der Waals surface area contributed by atoms with E-state index < -0.39 is 0 Å². The number of aryl methyl sites for hydroxylation is 2. The largest absolute Gasteiger partial charge is 0.469 e. The van der Waals surface area contributed by atoms with Crippen LogP contribution in [-0.2, 0) is 18.9 Å². The van der Waals surface area contributed by atoms with Crippen molar-refractivity contribution in [1.29, 1.82) is 0 Å². The van der Waals surface area contributed by atoms with Crippen LogP contribution in [0.5, 0.6) is 0 Å². The molecule has 1 rings (SSSR count). The molecule has 0 saturated heterocycles. The highest BCUT2D eigenvalue weighted by Crippen LogP contribution is 2.34. The molecule has 1 atom stereocenters. The van der Waals surface area contributed by atoms with Crippen molar-refractivity contribution in [3.05, 3.63) is 34.9 Å².